The van der Waals surface area contributed by atoms with Gasteiger partial charge >= 0.3 is 0 Å². The van der Waals surface area contributed by atoms with Gasteiger partial charge in [-0.2, -0.15) is 5.10 Å². The number of ether oxygens (including phenoxy) is 2. The number of anilines is 1. The smallest absolute Gasteiger partial charge is 0.271 e. The number of hydrazone groups is 1. The molecule has 0 heterocycles. The highest BCUT2D eigenvalue weighted by Crippen LogP contribution is 2.37. The summed E-state index contributed by atoms with van der Waals surface area (Å²) in [6, 6.07) is 28.7. The molecule has 0 unspecified atom stereocenters. The van der Waals surface area contributed by atoms with Gasteiger partial charge in [-0.3, -0.25) is 9.10 Å². The number of benzene rings is 5. The van der Waals surface area contributed by atoms with Crippen molar-refractivity contribution in [3.8, 4) is 11.5 Å². The van der Waals surface area contributed by atoms with Crippen molar-refractivity contribution in [1.29, 1.82) is 0 Å². The molecule has 13 heteroatoms. The monoisotopic (exact) mass is 799 g/mol. The lowest BCUT2D eigenvalue weighted by Crippen LogP contribution is -2.31. The van der Waals surface area contributed by atoms with Crippen LogP contribution in [-0.4, -0.2) is 27.6 Å². The second-order valence-electron chi connectivity index (χ2n) is 10.7. The molecule has 0 aromatic heterocycles. The summed E-state index contributed by atoms with van der Waals surface area (Å²) in [6.07, 6.45) is 1.47. The Balaban J connectivity index is 1.27. The minimum absolute atomic E-state index is 0.0162. The standard InChI is InChI=1S/C36H29BrCl3N3O5S/c1-23-8-14-28(38)19-33(23)43(49(45,46)29-6-4-3-5-7-29)21-24-9-12-27(13-10-24)36(44)42-41-20-26-16-30(37)35(34(18-26)47-2)48-22-25-11-15-31(39)32(40)17-25/h3-20H,21-22H2,1-2H3,(H,42,44)/b41-20-. The van der Waals surface area contributed by atoms with E-state index in [2.05, 4.69) is 26.5 Å². The summed E-state index contributed by atoms with van der Waals surface area (Å²) in [7, 11) is -2.42. The molecule has 5 rings (SSSR count). The van der Waals surface area contributed by atoms with Crippen molar-refractivity contribution in [2.24, 2.45) is 5.10 Å². The van der Waals surface area contributed by atoms with Gasteiger partial charge in [0.25, 0.3) is 15.9 Å². The summed E-state index contributed by atoms with van der Waals surface area (Å²) in [5, 5.41) is 5.41. The van der Waals surface area contributed by atoms with Crippen LogP contribution in [0.3, 0.4) is 0 Å². The number of carbonyl (C=O) groups excluding carboxylic acids is 1. The molecular weight excluding hydrogens is 773 g/mol. The number of amides is 1. The number of nitrogens with one attached hydrogen (secondary N) is 1. The number of halogens is 4. The van der Waals surface area contributed by atoms with Crippen molar-refractivity contribution in [3.63, 3.8) is 0 Å². The Hall–Kier alpha value is -4.06. The van der Waals surface area contributed by atoms with E-state index >= 15 is 0 Å². The lowest BCUT2D eigenvalue weighted by atomic mass is 10.1. The molecule has 0 spiro atoms. The molecule has 0 atom stereocenters. The molecule has 0 aliphatic carbocycles. The molecule has 5 aromatic rings. The Bertz CT molecular complexity index is 2120. The zero-order chi connectivity index (χ0) is 35.1. The van der Waals surface area contributed by atoms with Gasteiger partial charge in [-0.25, -0.2) is 13.8 Å². The lowest BCUT2D eigenvalue weighted by Gasteiger charge is -2.26. The Morgan fingerprint density at radius 3 is 2.31 bits per heavy atom. The third-order valence-corrected chi connectivity index (χ3v) is 10.6. The summed E-state index contributed by atoms with van der Waals surface area (Å²) in [5.74, 6) is 0.486. The first kappa shape index (κ1) is 36.2. The number of carbonyl (C=O) groups is 1. The molecule has 0 radical (unpaired) electrons. The van der Waals surface area contributed by atoms with Crippen molar-refractivity contribution in [2.45, 2.75) is 25.0 Å². The molecule has 0 aliphatic rings. The van der Waals surface area contributed by atoms with Crippen LogP contribution in [0, 0.1) is 6.92 Å². The van der Waals surface area contributed by atoms with Crippen molar-refractivity contribution in [1.82, 2.24) is 5.43 Å². The number of hydrogen-bond donors (Lipinski definition) is 1. The zero-order valence-electron chi connectivity index (χ0n) is 26.2. The number of nitrogens with zero attached hydrogens (tertiary/aromatic N) is 2. The second kappa shape index (κ2) is 16.1. The summed E-state index contributed by atoms with van der Waals surface area (Å²) < 4.78 is 41.0. The maximum atomic E-state index is 13.8. The topological polar surface area (TPSA) is 97.3 Å². The number of sulfonamides is 1. The van der Waals surface area contributed by atoms with Gasteiger partial charge in [-0.05, 0) is 106 Å². The van der Waals surface area contributed by atoms with Crippen LogP contribution in [-0.2, 0) is 23.2 Å². The van der Waals surface area contributed by atoms with E-state index in [4.69, 9.17) is 44.3 Å². The van der Waals surface area contributed by atoms with E-state index in [-0.39, 0.29) is 18.0 Å². The molecule has 0 saturated heterocycles. The Kier molecular flexibility index (Phi) is 11.9. The number of hydrogen-bond acceptors (Lipinski definition) is 6. The largest absolute Gasteiger partial charge is 0.493 e. The molecule has 0 saturated carbocycles. The minimum atomic E-state index is -3.94. The van der Waals surface area contributed by atoms with Gasteiger partial charge in [0.15, 0.2) is 11.5 Å². The van der Waals surface area contributed by atoms with Crippen molar-refractivity contribution < 1.29 is 22.7 Å². The highest BCUT2D eigenvalue weighted by Gasteiger charge is 2.26. The van der Waals surface area contributed by atoms with Gasteiger partial charge in [-0.15, -0.1) is 0 Å². The van der Waals surface area contributed by atoms with E-state index < -0.39 is 15.9 Å². The molecule has 0 bridgehead atoms. The Morgan fingerprint density at radius 2 is 1.61 bits per heavy atom. The van der Waals surface area contributed by atoms with E-state index in [0.717, 1.165) is 11.1 Å². The molecule has 1 amide bonds. The highest BCUT2D eigenvalue weighted by atomic mass is 79.9. The van der Waals surface area contributed by atoms with E-state index in [9.17, 15) is 13.2 Å². The minimum Gasteiger partial charge on any atom is -0.493 e. The fourth-order valence-corrected chi connectivity index (χ4v) is 7.36. The lowest BCUT2D eigenvalue weighted by molar-refractivity contribution is 0.0955. The number of rotatable bonds is 12. The summed E-state index contributed by atoms with van der Waals surface area (Å²) in [6.45, 7) is 2.07. The second-order valence-corrected chi connectivity index (χ2v) is 14.7. The quantitative estimate of drug-likeness (QED) is 0.100. The van der Waals surface area contributed by atoms with Crippen LogP contribution in [0.1, 0.15) is 32.6 Å². The van der Waals surface area contributed by atoms with Crippen molar-refractivity contribution >= 4 is 78.6 Å². The maximum Gasteiger partial charge on any atom is 0.271 e. The van der Waals surface area contributed by atoms with Crippen molar-refractivity contribution in [2.75, 3.05) is 11.4 Å². The number of methoxy groups -OCH3 is 1. The van der Waals surface area contributed by atoms with E-state index in [0.29, 0.717) is 53.4 Å². The van der Waals surface area contributed by atoms with Gasteiger partial charge in [-0.1, -0.05) is 77.3 Å². The van der Waals surface area contributed by atoms with Gasteiger partial charge in [0, 0.05) is 10.6 Å². The van der Waals surface area contributed by atoms with Crippen LogP contribution in [0.25, 0.3) is 0 Å². The van der Waals surface area contributed by atoms with Crippen LogP contribution in [0.4, 0.5) is 5.69 Å². The van der Waals surface area contributed by atoms with Crippen LogP contribution in [0.2, 0.25) is 15.1 Å². The first-order valence-corrected chi connectivity index (χ1v) is 18.0. The zero-order valence-corrected chi connectivity index (χ0v) is 30.8. The molecule has 5 aromatic carbocycles. The highest BCUT2D eigenvalue weighted by molar-refractivity contribution is 9.10. The van der Waals surface area contributed by atoms with E-state index in [1.807, 2.05) is 13.0 Å². The predicted octanol–water partition coefficient (Wildman–Crippen LogP) is 9.46. The van der Waals surface area contributed by atoms with E-state index in [1.165, 1.54) is 17.6 Å². The molecule has 252 valence electrons. The Morgan fingerprint density at radius 1 is 0.898 bits per heavy atom. The summed E-state index contributed by atoms with van der Waals surface area (Å²) in [5.41, 5.74) is 6.19. The van der Waals surface area contributed by atoms with Crippen molar-refractivity contribution in [3.05, 3.63) is 150 Å². The molecular formula is C36H29BrCl3N3O5S. The maximum absolute atomic E-state index is 13.8. The van der Waals surface area contributed by atoms with Crippen LogP contribution >= 0.6 is 50.7 Å². The van der Waals surface area contributed by atoms with E-state index in [1.54, 1.807) is 97.1 Å². The fourth-order valence-electron chi connectivity index (χ4n) is 4.77. The van der Waals surface area contributed by atoms with Gasteiger partial charge in [0.2, 0.25) is 0 Å². The molecule has 0 aliphatic heterocycles. The summed E-state index contributed by atoms with van der Waals surface area (Å²) in [4.78, 5) is 13.1. The molecule has 1 N–H and O–H groups in total. The van der Waals surface area contributed by atoms with Crippen LogP contribution in [0.15, 0.2) is 118 Å². The fraction of sp³-hybridized carbons (Fsp3) is 0.111. The van der Waals surface area contributed by atoms with Gasteiger partial charge in [0.05, 0.1) is 45.0 Å². The third-order valence-electron chi connectivity index (χ3n) is 7.31. The van der Waals surface area contributed by atoms with Crippen LogP contribution < -0.4 is 19.2 Å². The number of aryl methyl sites for hydroxylation is 1. The average Bonchev–Trinajstić information content (AvgIpc) is 3.09. The average molecular weight is 802 g/mol. The molecule has 8 nitrogen and oxygen atoms in total. The molecule has 0 fully saturated rings. The predicted molar refractivity (Wildman–Crippen MR) is 199 cm³/mol. The normalized spacial score (nSPS) is 11.4. The first-order valence-electron chi connectivity index (χ1n) is 14.7. The first-order chi connectivity index (χ1) is 23.5. The Labute approximate surface area is 308 Å². The SMILES string of the molecule is COc1cc(/C=N\NC(=O)c2ccc(CN(c3cc(Cl)ccc3C)S(=O)(=O)c3ccccc3)cc2)cc(Br)c1OCc1ccc(Cl)c(Cl)c1. The van der Waals surface area contributed by atoms with Gasteiger partial charge < -0.3 is 9.47 Å². The van der Waals surface area contributed by atoms with Crippen LogP contribution in [0.5, 0.6) is 11.5 Å². The molecule has 49 heavy (non-hydrogen) atoms. The third kappa shape index (κ3) is 8.95. The van der Waals surface area contributed by atoms with Gasteiger partial charge in [0.1, 0.15) is 6.61 Å². The summed E-state index contributed by atoms with van der Waals surface area (Å²) >= 11 is 21.9.